The molecule has 3 rings (SSSR count). The van der Waals surface area contributed by atoms with E-state index in [1.807, 2.05) is 0 Å². The fourth-order valence-electron chi connectivity index (χ4n) is 2.73. The molecule has 1 heterocycles. The summed E-state index contributed by atoms with van der Waals surface area (Å²) in [6.07, 6.45) is 0.828. The molecular formula is C21H18F4N4O2S. The lowest BCUT2D eigenvalue weighted by atomic mass is 10.3. The molecule has 3 aromatic rings. The van der Waals surface area contributed by atoms with Crippen LogP contribution >= 0.6 is 11.8 Å². The molecule has 168 valence electrons. The van der Waals surface area contributed by atoms with Gasteiger partial charge in [-0.15, -0.1) is 16.8 Å². The molecule has 1 unspecified atom stereocenters. The molecule has 0 aliphatic heterocycles. The fraction of sp³-hybridized carbons (Fsp3) is 0.190. The van der Waals surface area contributed by atoms with Gasteiger partial charge in [0.25, 0.3) is 0 Å². The molecule has 0 fully saturated rings. The predicted octanol–water partition coefficient (Wildman–Crippen LogP) is 4.89. The molecule has 2 aromatic carbocycles. The summed E-state index contributed by atoms with van der Waals surface area (Å²) in [5.74, 6) is -3.71. The normalized spacial score (nSPS) is 11.8. The molecule has 0 saturated heterocycles. The molecule has 1 atom stereocenters. The monoisotopic (exact) mass is 466 g/mol. The van der Waals surface area contributed by atoms with Gasteiger partial charge < -0.3 is 10.1 Å². The molecule has 0 saturated carbocycles. The molecular weight excluding hydrogens is 448 g/mol. The Kier molecular flexibility index (Phi) is 7.52. The summed E-state index contributed by atoms with van der Waals surface area (Å²) in [5, 5.41) is 10.8. The van der Waals surface area contributed by atoms with Crippen LogP contribution in [0.1, 0.15) is 18.9 Å². The first-order valence-electron chi connectivity index (χ1n) is 9.32. The van der Waals surface area contributed by atoms with E-state index in [1.165, 1.54) is 6.07 Å². The van der Waals surface area contributed by atoms with Crippen molar-refractivity contribution in [3.05, 3.63) is 78.1 Å². The number of ether oxygens (including phenoxy) is 1. The molecule has 6 nitrogen and oxygen atoms in total. The van der Waals surface area contributed by atoms with E-state index < -0.39 is 35.3 Å². The summed E-state index contributed by atoms with van der Waals surface area (Å²) < 4.78 is 60.9. The van der Waals surface area contributed by atoms with Gasteiger partial charge >= 0.3 is 0 Å². The van der Waals surface area contributed by atoms with Gasteiger partial charge in [0.2, 0.25) is 5.91 Å². The van der Waals surface area contributed by atoms with Gasteiger partial charge in [0, 0.05) is 18.7 Å². The standard InChI is InChI=1S/C21H18F4N4O2S/c1-3-8-29-20(12(2)31-18-7-5-14(23)10-16(18)25)27-28-21(29)32-11-19(30)26-17-6-4-13(22)9-15(17)24/h3-7,9-10,12H,1,8,11H2,2H3,(H,26,30). The average Bonchev–Trinajstić information content (AvgIpc) is 3.13. The Balaban J connectivity index is 1.69. The molecule has 0 spiro atoms. The highest BCUT2D eigenvalue weighted by atomic mass is 32.2. The van der Waals surface area contributed by atoms with Crippen LogP contribution in [0.5, 0.6) is 5.75 Å². The number of aromatic nitrogens is 3. The van der Waals surface area contributed by atoms with Gasteiger partial charge in [-0.1, -0.05) is 17.8 Å². The van der Waals surface area contributed by atoms with E-state index >= 15 is 0 Å². The smallest absolute Gasteiger partial charge is 0.234 e. The Morgan fingerprint density at radius 1 is 1.16 bits per heavy atom. The SMILES string of the molecule is C=CCn1c(SCC(=O)Nc2ccc(F)cc2F)nnc1C(C)Oc1ccc(F)cc1F. The van der Waals surface area contributed by atoms with Crippen LogP contribution in [-0.4, -0.2) is 26.4 Å². The van der Waals surface area contributed by atoms with Crippen molar-refractivity contribution in [1.82, 2.24) is 14.8 Å². The number of benzene rings is 2. The van der Waals surface area contributed by atoms with Gasteiger partial charge in [-0.25, -0.2) is 17.6 Å². The maximum atomic E-state index is 13.9. The zero-order valence-corrected chi connectivity index (χ0v) is 17.6. The first-order chi connectivity index (χ1) is 15.3. The van der Waals surface area contributed by atoms with E-state index in [-0.39, 0.29) is 23.7 Å². The number of allylic oxidation sites excluding steroid dienone is 1. The minimum atomic E-state index is -0.889. The second-order valence-corrected chi connectivity index (χ2v) is 7.48. The van der Waals surface area contributed by atoms with Crippen molar-refractivity contribution in [3.8, 4) is 5.75 Å². The number of carbonyl (C=O) groups is 1. The maximum absolute atomic E-state index is 13.9. The third-order valence-electron chi connectivity index (χ3n) is 4.16. The van der Waals surface area contributed by atoms with E-state index in [0.29, 0.717) is 23.1 Å². The van der Waals surface area contributed by atoms with Crippen LogP contribution in [-0.2, 0) is 11.3 Å². The number of nitrogens with one attached hydrogen (secondary N) is 1. The predicted molar refractivity (Wildman–Crippen MR) is 111 cm³/mol. The van der Waals surface area contributed by atoms with E-state index in [0.717, 1.165) is 30.0 Å². The number of nitrogens with zero attached hydrogens (tertiary/aromatic N) is 3. The Morgan fingerprint density at radius 3 is 2.50 bits per heavy atom. The molecule has 0 bridgehead atoms. The third kappa shape index (κ3) is 5.67. The van der Waals surface area contributed by atoms with Gasteiger partial charge in [-0.3, -0.25) is 9.36 Å². The van der Waals surface area contributed by atoms with Crippen LogP contribution in [0, 0.1) is 23.3 Å². The lowest BCUT2D eigenvalue weighted by molar-refractivity contribution is -0.113. The minimum absolute atomic E-state index is 0.131. The van der Waals surface area contributed by atoms with Crippen LogP contribution in [0.4, 0.5) is 23.2 Å². The Hall–Kier alpha value is -3.34. The summed E-state index contributed by atoms with van der Waals surface area (Å²) >= 11 is 1.03. The largest absolute Gasteiger partial charge is 0.480 e. The van der Waals surface area contributed by atoms with Gasteiger partial charge in [-0.2, -0.15) is 0 Å². The van der Waals surface area contributed by atoms with E-state index in [1.54, 1.807) is 17.6 Å². The van der Waals surface area contributed by atoms with Crippen LogP contribution in [0.3, 0.4) is 0 Å². The Morgan fingerprint density at radius 2 is 1.84 bits per heavy atom. The van der Waals surface area contributed by atoms with Gasteiger partial charge in [0.15, 0.2) is 28.7 Å². The van der Waals surface area contributed by atoms with Crippen LogP contribution in [0.2, 0.25) is 0 Å². The van der Waals surface area contributed by atoms with Crippen molar-refractivity contribution in [3.63, 3.8) is 0 Å². The number of hydrogen-bond acceptors (Lipinski definition) is 5. The average molecular weight is 466 g/mol. The zero-order valence-electron chi connectivity index (χ0n) is 16.8. The molecule has 0 radical (unpaired) electrons. The molecule has 1 aromatic heterocycles. The highest BCUT2D eigenvalue weighted by Gasteiger charge is 2.21. The number of halogens is 4. The summed E-state index contributed by atoms with van der Waals surface area (Å²) in [4.78, 5) is 12.2. The number of amides is 1. The van der Waals surface area contributed by atoms with Crippen molar-refractivity contribution >= 4 is 23.4 Å². The van der Waals surface area contributed by atoms with E-state index in [9.17, 15) is 22.4 Å². The van der Waals surface area contributed by atoms with Gasteiger partial charge in [-0.05, 0) is 31.2 Å². The maximum Gasteiger partial charge on any atom is 0.234 e. The first kappa shape index (κ1) is 23.3. The fourth-order valence-corrected chi connectivity index (χ4v) is 3.48. The van der Waals surface area contributed by atoms with Crippen LogP contribution in [0.25, 0.3) is 0 Å². The Labute approximate surface area is 185 Å². The number of thioether (sulfide) groups is 1. The van der Waals surface area contributed by atoms with E-state index in [4.69, 9.17) is 4.74 Å². The second-order valence-electron chi connectivity index (χ2n) is 6.54. The summed E-state index contributed by atoms with van der Waals surface area (Å²) in [6.45, 7) is 5.57. The van der Waals surface area contributed by atoms with Crippen molar-refractivity contribution in [2.45, 2.75) is 24.7 Å². The molecule has 32 heavy (non-hydrogen) atoms. The third-order valence-corrected chi connectivity index (χ3v) is 5.12. The molecule has 1 N–H and O–H groups in total. The number of carbonyl (C=O) groups excluding carboxylic acids is 1. The second kappa shape index (κ2) is 10.3. The quantitative estimate of drug-likeness (QED) is 0.276. The van der Waals surface area contributed by atoms with Gasteiger partial charge in [0.1, 0.15) is 17.5 Å². The first-order valence-corrected chi connectivity index (χ1v) is 10.3. The lowest BCUT2D eigenvalue weighted by Gasteiger charge is -2.16. The topological polar surface area (TPSA) is 69.0 Å². The number of anilines is 1. The van der Waals surface area contributed by atoms with Crippen molar-refractivity contribution < 1.29 is 27.1 Å². The van der Waals surface area contributed by atoms with Crippen molar-refractivity contribution in [1.29, 1.82) is 0 Å². The lowest BCUT2D eigenvalue weighted by Crippen LogP contribution is -2.16. The minimum Gasteiger partial charge on any atom is -0.480 e. The highest BCUT2D eigenvalue weighted by molar-refractivity contribution is 7.99. The molecule has 1 amide bonds. The molecule has 11 heteroatoms. The van der Waals surface area contributed by atoms with E-state index in [2.05, 4.69) is 22.1 Å². The summed E-state index contributed by atoms with van der Waals surface area (Å²) in [7, 11) is 0. The number of rotatable bonds is 9. The van der Waals surface area contributed by atoms with Crippen LogP contribution < -0.4 is 10.1 Å². The number of hydrogen-bond donors (Lipinski definition) is 1. The van der Waals surface area contributed by atoms with Crippen molar-refractivity contribution in [2.75, 3.05) is 11.1 Å². The van der Waals surface area contributed by atoms with Crippen molar-refractivity contribution in [2.24, 2.45) is 0 Å². The molecule has 0 aliphatic rings. The molecule has 0 aliphatic carbocycles. The van der Waals surface area contributed by atoms with Gasteiger partial charge in [0.05, 0.1) is 11.4 Å². The summed E-state index contributed by atoms with van der Waals surface area (Å²) in [5.41, 5.74) is -0.145. The highest BCUT2D eigenvalue weighted by Crippen LogP contribution is 2.27. The Bertz CT molecular complexity index is 1140. The summed E-state index contributed by atoms with van der Waals surface area (Å²) in [6, 6.07) is 5.78. The van der Waals surface area contributed by atoms with Crippen LogP contribution in [0.15, 0.2) is 54.2 Å². The zero-order chi connectivity index (χ0) is 23.3.